The van der Waals surface area contributed by atoms with E-state index in [9.17, 15) is 0 Å². The van der Waals surface area contributed by atoms with Gasteiger partial charge in [-0.2, -0.15) is 5.26 Å². The molecule has 0 aromatic heterocycles. The molecule has 0 bridgehead atoms. The molecular formula is C21H25N3. The fourth-order valence-electron chi connectivity index (χ4n) is 3.52. The predicted molar refractivity (Wildman–Crippen MR) is 97.5 cm³/mol. The Kier molecular flexibility index (Phi) is 5.63. The van der Waals surface area contributed by atoms with Crippen molar-refractivity contribution in [2.24, 2.45) is 5.92 Å². The third kappa shape index (κ3) is 4.03. The molecule has 24 heavy (non-hydrogen) atoms. The van der Waals surface area contributed by atoms with Crippen LogP contribution in [0.2, 0.25) is 0 Å². The van der Waals surface area contributed by atoms with E-state index >= 15 is 0 Å². The number of benzene rings is 2. The van der Waals surface area contributed by atoms with Gasteiger partial charge in [0.05, 0.1) is 18.0 Å². The Morgan fingerprint density at radius 2 is 1.38 bits per heavy atom. The van der Waals surface area contributed by atoms with Crippen molar-refractivity contribution in [2.45, 2.75) is 13.0 Å². The van der Waals surface area contributed by atoms with Crippen LogP contribution in [-0.4, -0.2) is 42.5 Å². The van der Waals surface area contributed by atoms with Gasteiger partial charge in [0.2, 0.25) is 0 Å². The Morgan fingerprint density at radius 3 is 1.83 bits per heavy atom. The van der Waals surface area contributed by atoms with Crippen LogP contribution in [0.15, 0.2) is 60.7 Å². The molecule has 124 valence electrons. The first kappa shape index (κ1) is 16.7. The zero-order valence-corrected chi connectivity index (χ0v) is 14.3. The van der Waals surface area contributed by atoms with Gasteiger partial charge in [-0.25, -0.2) is 0 Å². The van der Waals surface area contributed by atoms with Gasteiger partial charge >= 0.3 is 0 Å². The fourth-order valence-corrected chi connectivity index (χ4v) is 3.52. The molecule has 1 aliphatic rings. The Bertz CT molecular complexity index is 615. The molecule has 0 aliphatic carbocycles. The van der Waals surface area contributed by atoms with Gasteiger partial charge in [-0.05, 0) is 18.1 Å². The maximum Gasteiger partial charge on any atom is 0.0666 e. The Hall–Kier alpha value is -2.15. The van der Waals surface area contributed by atoms with E-state index in [1.165, 1.54) is 11.1 Å². The van der Waals surface area contributed by atoms with E-state index in [1.54, 1.807) is 0 Å². The number of nitrogens with zero attached hydrogens (tertiary/aromatic N) is 3. The summed E-state index contributed by atoms with van der Waals surface area (Å²) in [6.45, 7) is 7.01. The molecule has 0 N–H and O–H groups in total. The molecule has 2 aromatic carbocycles. The van der Waals surface area contributed by atoms with Gasteiger partial charge in [0.1, 0.15) is 0 Å². The third-order valence-electron chi connectivity index (χ3n) is 4.76. The van der Waals surface area contributed by atoms with E-state index in [2.05, 4.69) is 76.5 Å². The summed E-state index contributed by atoms with van der Waals surface area (Å²) in [6.07, 6.45) is 0. The predicted octanol–water partition coefficient (Wildman–Crippen LogP) is 3.55. The summed E-state index contributed by atoms with van der Waals surface area (Å²) in [5.41, 5.74) is 2.70. The van der Waals surface area contributed by atoms with Gasteiger partial charge in [-0.1, -0.05) is 60.7 Å². The average Bonchev–Trinajstić information content (AvgIpc) is 2.65. The molecule has 3 heteroatoms. The highest BCUT2D eigenvalue weighted by atomic mass is 15.3. The zero-order valence-electron chi connectivity index (χ0n) is 14.3. The highest BCUT2D eigenvalue weighted by Crippen LogP contribution is 2.29. The quantitative estimate of drug-likeness (QED) is 0.844. The first-order chi connectivity index (χ1) is 11.8. The number of hydrogen-bond acceptors (Lipinski definition) is 3. The average molecular weight is 319 g/mol. The van der Waals surface area contributed by atoms with E-state index < -0.39 is 0 Å². The van der Waals surface area contributed by atoms with Crippen LogP contribution in [0.25, 0.3) is 0 Å². The topological polar surface area (TPSA) is 30.3 Å². The van der Waals surface area contributed by atoms with Crippen molar-refractivity contribution in [1.82, 2.24) is 9.80 Å². The highest BCUT2D eigenvalue weighted by molar-refractivity contribution is 5.31. The molecule has 0 saturated carbocycles. The standard InChI is InChI=1S/C21H25N3/c1-18(16-22)17-23-12-14-24(15-13-23)21(19-8-4-2-5-9-19)20-10-6-3-7-11-20/h2-11,18,21H,12-15,17H2,1H3. The molecule has 3 rings (SSSR count). The summed E-state index contributed by atoms with van der Waals surface area (Å²) >= 11 is 0. The van der Waals surface area contributed by atoms with Crippen molar-refractivity contribution in [1.29, 1.82) is 5.26 Å². The lowest BCUT2D eigenvalue weighted by molar-refractivity contribution is 0.104. The monoisotopic (exact) mass is 319 g/mol. The lowest BCUT2D eigenvalue weighted by Gasteiger charge is -2.40. The molecule has 1 unspecified atom stereocenters. The number of hydrogen-bond donors (Lipinski definition) is 0. The van der Waals surface area contributed by atoms with Crippen LogP contribution >= 0.6 is 0 Å². The van der Waals surface area contributed by atoms with E-state index in [1.807, 2.05) is 6.92 Å². The minimum Gasteiger partial charge on any atom is -0.300 e. The molecular weight excluding hydrogens is 294 g/mol. The van der Waals surface area contributed by atoms with Gasteiger partial charge < -0.3 is 0 Å². The molecule has 0 spiro atoms. The van der Waals surface area contributed by atoms with Crippen molar-refractivity contribution in [3.8, 4) is 6.07 Å². The summed E-state index contributed by atoms with van der Waals surface area (Å²) in [5.74, 6) is 0.107. The summed E-state index contributed by atoms with van der Waals surface area (Å²) in [4.78, 5) is 4.98. The van der Waals surface area contributed by atoms with E-state index in [0.717, 1.165) is 32.7 Å². The van der Waals surface area contributed by atoms with Crippen molar-refractivity contribution >= 4 is 0 Å². The van der Waals surface area contributed by atoms with Crippen molar-refractivity contribution in [3.05, 3.63) is 71.8 Å². The lowest BCUT2D eigenvalue weighted by atomic mass is 9.96. The summed E-state index contributed by atoms with van der Waals surface area (Å²) in [6, 6.07) is 24.2. The van der Waals surface area contributed by atoms with E-state index in [-0.39, 0.29) is 5.92 Å². The number of rotatable bonds is 5. The van der Waals surface area contributed by atoms with Crippen LogP contribution in [0.4, 0.5) is 0 Å². The van der Waals surface area contributed by atoms with Gasteiger partial charge in [0.15, 0.2) is 0 Å². The van der Waals surface area contributed by atoms with Gasteiger partial charge in [0, 0.05) is 32.7 Å². The molecule has 1 heterocycles. The summed E-state index contributed by atoms with van der Waals surface area (Å²) < 4.78 is 0. The van der Waals surface area contributed by atoms with Crippen LogP contribution in [0.5, 0.6) is 0 Å². The molecule has 0 radical (unpaired) electrons. The first-order valence-electron chi connectivity index (χ1n) is 8.74. The second-order valence-corrected chi connectivity index (χ2v) is 6.59. The molecule has 0 amide bonds. The largest absolute Gasteiger partial charge is 0.300 e. The van der Waals surface area contributed by atoms with Crippen LogP contribution in [0, 0.1) is 17.2 Å². The van der Waals surface area contributed by atoms with Crippen LogP contribution < -0.4 is 0 Å². The van der Waals surface area contributed by atoms with Gasteiger partial charge in [-0.3, -0.25) is 9.80 Å². The van der Waals surface area contributed by atoms with Crippen molar-refractivity contribution < 1.29 is 0 Å². The molecule has 1 saturated heterocycles. The normalized spacial score (nSPS) is 17.5. The van der Waals surface area contributed by atoms with Crippen LogP contribution in [0.1, 0.15) is 24.1 Å². The maximum atomic E-state index is 9.02. The summed E-state index contributed by atoms with van der Waals surface area (Å²) in [5, 5.41) is 9.02. The molecule has 1 aliphatic heterocycles. The highest BCUT2D eigenvalue weighted by Gasteiger charge is 2.26. The molecule has 1 fully saturated rings. The van der Waals surface area contributed by atoms with Gasteiger partial charge in [-0.15, -0.1) is 0 Å². The molecule has 3 nitrogen and oxygen atoms in total. The van der Waals surface area contributed by atoms with Crippen LogP contribution in [0.3, 0.4) is 0 Å². The van der Waals surface area contributed by atoms with Crippen molar-refractivity contribution in [2.75, 3.05) is 32.7 Å². The number of nitriles is 1. The Balaban J connectivity index is 1.75. The Labute approximate surface area is 145 Å². The van der Waals surface area contributed by atoms with Crippen LogP contribution in [-0.2, 0) is 0 Å². The zero-order chi connectivity index (χ0) is 16.8. The second kappa shape index (κ2) is 8.10. The van der Waals surface area contributed by atoms with E-state index in [0.29, 0.717) is 6.04 Å². The molecule has 2 aromatic rings. The SMILES string of the molecule is CC(C#N)CN1CCN(C(c2ccccc2)c2ccccc2)CC1. The Morgan fingerprint density at radius 1 is 0.875 bits per heavy atom. The van der Waals surface area contributed by atoms with E-state index in [4.69, 9.17) is 5.26 Å². The molecule has 1 atom stereocenters. The number of piperazine rings is 1. The van der Waals surface area contributed by atoms with Gasteiger partial charge in [0.25, 0.3) is 0 Å². The second-order valence-electron chi connectivity index (χ2n) is 6.59. The maximum absolute atomic E-state index is 9.02. The van der Waals surface area contributed by atoms with Crippen molar-refractivity contribution in [3.63, 3.8) is 0 Å². The lowest BCUT2D eigenvalue weighted by Crippen LogP contribution is -2.48. The smallest absolute Gasteiger partial charge is 0.0666 e. The minimum atomic E-state index is 0.107. The summed E-state index contributed by atoms with van der Waals surface area (Å²) in [7, 11) is 0. The third-order valence-corrected chi connectivity index (χ3v) is 4.76. The first-order valence-corrected chi connectivity index (χ1v) is 8.74. The minimum absolute atomic E-state index is 0.107. The fraction of sp³-hybridized carbons (Fsp3) is 0.381.